The van der Waals surface area contributed by atoms with Crippen molar-refractivity contribution >= 4 is 34.3 Å². The van der Waals surface area contributed by atoms with Crippen molar-refractivity contribution < 1.29 is 28.1 Å². The number of imidazole rings is 1. The smallest absolute Gasteiger partial charge is 0.337 e. The van der Waals surface area contributed by atoms with E-state index in [0.29, 0.717) is 40.7 Å². The van der Waals surface area contributed by atoms with Crippen LogP contribution < -0.4 is 14.4 Å². The van der Waals surface area contributed by atoms with Crippen LogP contribution in [0.25, 0.3) is 11.0 Å². The van der Waals surface area contributed by atoms with Crippen LogP contribution in [-0.4, -0.2) is 72.5 Å². The molecule has 11 heteroatoms. The Morgan fingerprint density at radius 2 is 2.02 bits per heavy atom. The monoisotopic (exact) mass is 620 g/mol. The summed E-state index contributed by atoms with van der Waals surface area (Å²) in [6.45, 7) is 6.88. The Labute approximate surface area is 260 Å². The van der Waals surface area contributed by atoms with E-state index in [9.17, 15) is 9.18 Å². The zero-order valence-corrected chi connectivity index (χ0v) is 25.4. The van der Waals surface area contributed by atoms with Gasteiger partial charge in [-0.2, -0.15) is 0 Å². The lowest BCUT2D eigenvalue weighted by atomic mass is 10.1. The van der Waals surface area contributed by atoms with E-state index >= 15 is 0 Å². The Morgan fingerprint density at radius 3 is 2.77 bits per heavy atom. The van der Waals surface area contributed by atoms with Crippen LogP contribution in [0.4, 0.5) is 10.1 Å². The molecule has 2 fully saturated rings. The molecule has 2 saturated heterocycles. The van der Waals surface area contributed by atoms with Crippen molar-refractivity contribution in [2.45, 2.75) is 44.7 Å². The van der Waals surface area contributed by atoms with Crippen molar-refractivity contribution in [3.63, 3.8) is 0 Å². The summed E-state index contributed by atoms with van der Waals surface area (Å²) in [5, 5.41) is 0.341. The number of benzene rings is 3. The maximum Gasteiger partial charge on any atom is 0.337 e. The Hall–Kier alpha value is -3.86. The number of para-hydroxylation sites is 1. The van der Waals surface area contributed by atoms with Crippen LogP contribution in [0.15, 0.2) is 54.6 Å². The largest absolute Gasteiger partial charge is 0.485 e. The summed E-state index contributed by atoms with van der Waals surface area (Å²) in [5.41, 5.74) is 3.60. The van der Waals surface area contributed by atoms with E-state index in [-0.39, 0.29) is 24.7 Å². The highest BCUT2D eigenvalue weighted by Gasteiger charge is 2.32. The summed E-state index contributed by atoms with van der Waals surface area (Å²) in [5.74, 6) is 1.45. The summed E-state index contributed by atoms with van der Waals surface area (Å²) in [7, 11) is 1.39. The number of fused-ring (bicyclic) bond motifs is 2. The molecule has 230 valence electrons. The molecule has 0 saturated carbocycles. The summed E-state index contributed by atoms with van der Waals surface area (Å²) >= 11 is 5.97. The predicted molar refractivity (Wildman–Crippen MR) is 164 cm³/mol. The van der Waals surface area contributed by atoms with Crippen molar-refractivity contribution in [3.05, 3.63) is 82.4 Å². The molecular formula is C33H34ClFN4O5. The molecule has 3 aromatic carbocycles. The highest BCUT2D eigenvalue weighted by Crippen LogP contribution is 2.44. The highest BCUT2D eigenvalue weighted by atomic mass is 35.5. The Kier molecular flexibility index (Phi) is 7.82. The van der Waals surface area contributed by atoms with Gasteiger partial charge in [0, 0.05) is 42.9 Å². The number of ether oxygens (including phenoxy) is 4. The molecule has 4 aromatic rings. The van der Waals surface area contributed by atoms with E-state index in [2.05, 4.69) is 21.3 Å². The summed E-state index contributed by atoms with van der Waals surface area (Å²) in [6.07, 6.45) is 0.564. The number of anilines is 1. The number of hydrogen-bond donors (Lipinski definition) is 0. The quantitative estimate of drug-likeness (QED) is 0.246. The molecule has 3 unspecified atom stereocenters. The van der Waals surface area contributed by atoms with Crippen LogP contribution in [0, 0.1) is 5.82 Å². The minimum atomic E-state index is -0.577. The third-order valence-corrected chi connectivity index (χ3v) is 9.03. The Morgan fingerprint density at radius 1 is 1.16 bits per heavy atom. The van der Waals surface area contributed by atoms with Crippen LogP contribution in [-0.2, 0) is 22.6 Å². The molecule has 0 bridgehead atoms. The molecule has 1 aromatic heterocycles. The van der Waals surface area contributed by atoms with Crippen LogP contribution in [0.2, 0.25) is 5.02 Å². The number of halogens is 2. The van der Waals surface area contributed by atoms with Crippen molar-refractivity contribution in [3.8, 4) is 11.5 Å². The van der Waals surface area contributed by atoms with Gasteiger partial charge in [-0.05, 0) is 55.8 Å². The zero-order chi connectivity index (χ0) is 30.4. The fraction of sp³-hybridized carbons (Fsp3) is 0.394. The predicted octanol–water partition coefficient (Wildman–Crippen LogP) is 5.63. The van der Waals surface area contributed by atoms with Gasteiger partial charge in [0.25, 0.3) is 0 Å². The molecule has 7 rings (SSSR count). The molecule has 4 heterocycles. The second-order valence-electron chi connectivity index (χ2n) is 11.6. The topological polar surface area (TPSA) is 78.3 Å². The average molecular weight is 621 g/mol. The minimum absolute atomic E-state index is 0.138. The van der Waals surface area contributed by atoms with E-state index in [1.54, 1.807) is 18.2 Å². The van der Waals surface area contributed by atoms with Gasteiger partial charge in [-0.1, -0.05) is 23.7 Å². The molecule has 0 N–H and O–H groups in total. The van der Waals surface area contributed by atoms with Crippen LogP contribution in [0.3, 0.4) is 0 Å². The molecule has 3 aliphatic rings. The van der Waals surface area contributed by atoms with Crippen molar-refractivity contribution in [1.29, 1.82) is 0 Å². The lowest BCUT2D eigenvalue weighted by molar-refractivity contribution is -0.0592. The molecule has 3 aliphatic heterocycles. The van der Waals surface area contributed by atoms with Gasteiger partial charge >= 0.3 is 5.97 Å². The SMILES string of the molecule is COC(=O)c1ccc2nc(CN3CCN(c4cccc5c4OC(c4ccc(Cl)cc4F)CO5)CC3C)n(CC3CCO3)c2c1. The number of carbonyl (C=O) groups excluding carboxylic acids is 1. The summed E-state index contributed by atoms with van der Waals surface area (Å²) < 4.78 is 40.1. The molecule has 0 aliphatic carbocycles. The second kappa shape index (κ2) is 11.9. The molecular weight excluding hydrogens is 587 g/mol. The van der Waals surface area contributed by atoms with Crippen LogP contribution in [0.5, 0.6) is 11.5 Å². The zero-order valence-electron chi connectivity index (χ0n) is 24.7. The first-order chi connectivity index (χ1) is 21.4. The number of carbonyl (C=O) groups is 1. The standard InChI is InChI=1S/C33H34ClFN4O5/c1-20-16-38(27-4-3-5-29-32(27)44-30(19-43-29)24-8-7-22(34)15-25(24)35)12-11-37(20)18-31-36-26-9-6-21(33(40)41-2)14-28(26)39(31)17-23-10-13-42-23/h3-9,14-15,20,23,30H,10-13,16-19H2,1-2H3. The number of nitrogens with zero attached hydrogens (tertiary/aromatic N) is 4. The van der Waals surface area contributed by atoms with E-state index in [4.69, 9.17) is 35.5 Å². The Bertz CT molecular complexity index is 1710. The summed E-state index contributed by atoms with van der Waals surface area (Å²) in [4.78, 5) is 22.0. The number of piperazine rings is 1. The van der Waals surface area contributed by atoms with Crippen molar-refractivity contribution in [2.75, 3.05) is 44.9 Å². The third kappa shape index (κ3) is 5.46. The summed E-state index contributed by atoms with van der Waals surface area (Å²) in [6, 6.07) is 16.2. The van der Waals surface area contributed by atoms with Crippen molar-refractivity contribution in [2.24, 2.45) is 0 Å². The van der Waals surface area contributed by atoms with E-state index in [0.717, 1.165) is 55.2 Å². The van der Waals surface area contributed by atoms with Gasteiger partial charge < -0.3 is 28.4 Å². The van der Waals surface area contributed by atoms with Gasteiger partial charge in [0.15, 0.2) is 17.6 Å². The Balaban J connectivity index is 1.10. The fourth-order valence-electron chi connectivity index (χ4n) is 6.25. The highest BCUT2D eigenvalue weighted by molar-refractivity contribution is 6.30. The lowest BCUT2D eigenvalue weighted by Crippen LogP contribution is -2.52. The molecule has 3 atom stereocenters. The van der Waals surface area contributed by atoms with Gasteiger partial charge in [0.2, 0.25) is 0 Å². The molecule has 0 spiro atoms. The first-order valence-corrected chi connectivity index (χ1v) is 15.3. The molecule has 44 heavy (non-hydrogen) atoms. The maximum atomic E-state index is 14.7. The number of esters is 1. The lowest BCUT2D eigenvalue weighted by Gasteiger charge is -2.42. The third-order valence-electron chi connectivity index (χ3n) is 8.80. The first kappa shape index (κ1) is 28.9. The van der Waals surface area contributed by atoms with E-state index < -0.39 is 11.9 Å². The molecule has 9 nitrogen and oxygen atoms in total. The van der Waals surface area contributed by atoms with Gasteiger partial charge in [0.05, 0.1) is 48.6 Å². The number of methoxy groups -OCH3 is 1. The van der Waals surface area contributed by atoms with Gasteiger partial charge in [0.1, 0.15) is 18.2 Å². The minimum Gasteiger partial charge on any atom is -0.485 e. The average Bonchev–Trinajstić information content (AvgIpc) is 3.34. The molecule has 0 amide bonds. The fourth-order valence-corrected chi connectivity index (χ4v) is 6.41. The van der Waals surface area contributed by atoms with Gasteiger partial charge in [-0.15, -0.1) is 0 Å². The van der Waals surface area contributed by atoms with Gasteiger partial charge in [-0.25, -0.2) is 14.2 Å². The van der Waals surface area contributed by atoms with Crippen LogP contribution >= 0.6 is 11.6 Å². The van der Waals surface area contributed by atoms with Crippen LogP contribution in [0.1, 0.15) is 41.2 Å². The molecule has 0 radical (unpaired) electrons. The maximum absolute atomic E-state index is 14.7. The van der Waals surface area contributed by atoms with E-state index in [1.165, 1.54) is 13.2 Å². The normalized spacial score (nSPS) is 21.7. The number of aromatic nitrogens is 2. The second-order valence-corrected chi connectivity index (χ2v) is 12.0. The van der Waals surface area contributed by atoms with Crippen molar-refractivity contribution in [1.82, 2.24) is 14.5 Å². The van der Waals surface area contributed by atoms with E-state index in [1.807, 2.05) is 30.3 Å². The first-order valence-electron chi connectivity index (χ1n) is 14.9. The number of hydrogen-bond acceptors (Lipinski definition) is 8. The van der Waals surface area contributed by atoms with Gasteiger partial charge in [-0.3, -0.25) is 4.90 Å². The number of rotatable bonds is 7.